The predicted molar refractivity (Wildman–Crippen MR) is 135 cm³/mol. The van der Waals surface area contributed by atoms with Gasteiger partial charge in [0.15, 0.2) is 0 Å². The molecule has 0 unspecified atom stereocenters. The van der Waals surface area contributed by atoms with Gasteiger partial charge in [-0.05, 0) is 47.5 Å². The Bertz CT molecular complexity index is 1390. The molecule has 35 heavy (non-hydrogen) atoms. The first kappa shape index (κ1) is 25.9. The van der Waals surface area contributed by atoms with Crippen molar-refractivity contribution >= 4 is 38.8 Å². The second-order valence-corrected chi connectivity index (χ2v) is 9.89. The Balaban J connectivity index is 2.05. The molecule has 0 aliphatic carbocycles. The Hall–Kier alpha value is -3.75. The molecule has 8 heteroatoms. The summed E-state index contributed by atoms with van der Waals surface area (Å²) in [7, 11) is -1.69. The van der Waals surface area contributed by atoms with Crippen LogP contribution in [0.1, 0.15) is 11.1 Å². The molecule has 0 aliphatic rings. The normalized spacial score (nSPS) is 11.9. The average molecular weight is 494 g/mol. The highest BCUT2D eigenvalue weighted by Crippen LogP contribution is 2.22. The molecule has 0 atom stereocenters. The van der Waals surface area contributed by atoms with E-state index >= 15 is 0 Å². The third kappa shape index (κ3) is 6.23. The maximum atomic E-state index is 13.5. The minimum atomic E-state index is -4.10. The maximum absolute atomic E-state index is 13.5. The van der Waals surface area contributed by atoms with Crippen LogP contribution in [-0.2, 0) is 29.1 Å². The summed E-state index contributed by atoms with van der Waals surface area (Å²) in [6.45, 7) is 4.80. The number of hydrogen-bond donors (Lipinski definition) is 0. The first-order valence-corrected chi connectivity index (χ1v) is 12.2. The summed E-state index contributed by atoms with van der Waals surface area (Å²) in [5, 5.41) is 2.00. The van der Waals surface area contributed by atoms with E-state index in [2.05, 4.69) is 6.58 Å². The van der Waals surface area contributed by atoms with Crippen LogP contribution in [0, 0.1) is 6.92 Å². The molecule has 3 aromatic rings. The molecule has 0 spiro atoms. The van der Waals surface area contributed by atoms with E-state index in [4.69, 9.17) is 9.47 Å². The van der Waals surface area contributed by atoms with Crippen molar-refractivity contribution in [3.63, 3.8) is 0 Å². The summed E-state index contributed by atoms with van der Waals surface area (Å²) in [6.07, 6.45) is 1.58. The number of aryl methyl sites for hydroxylation is 1. The van der Waals surface area contributed by atoms with Crippen molar-refractivity contribution in [3.8, 4) is 0 Å². The molecule has 0 saturated carbocycles. The molecular weight excluding hydrogens is 466 g/mol. The lowest BCUT2D eigenvalue weighted by atomic mass is 10.0. The number of benzene rings is 3. The van der Waals surface area contributed by atoms with Crippen molar-refractivity contribution in [2.24, 2.45) is 0 Å². The highest BCUT2D eigenvalue weighted by molar-refractivity contribution is 7.89. The van der Waals surface area contributed by atoms with E-state index in [1.54, 1.807) is 18.2 Å². The number of carbonyl (C=O) groups is 2. The predicted octanol–water partition coefficient (Wildman–Crippen LogP) is 4.12. The zero-order valence-corrected chi connectivity index (χ0v) is 20.7. The van der Waals surface area contributed by atoms with E-state index in [9.17, 15) is 18.0 Å². The summed E-state index contributed by atoms with van der Waals surface area (Å²) >= 11 is 0. The van der Waals surface area contributed by atoms with Crippen LogP contribution in [-0.4, -0.2) is 52.0 Å². The Kier molecular flexibility index (Phi) is 8.22. The maximum Gasteiger partial charge on any atom is 0.335 e. The van der Waals surface area contributed by atoms with Crippen LogP contribution in [0.25, 0.3) is 16.8 Å². The van der Waals surface area contributed by atoms with Crippen LogP contribution in [0.2, 0.25) is 0 Å². The molecule has 7 nitrogen and oxygen atoms in total. The first-order chi connectivity index (χ1) is 16.6. The minimum absolute atomic E-state index is 0.0238. The Morgan fingerprint density at radius 1 is 0.886 bits per heavy atom. The number of hydrogen-bond acceptors (Lipinski definition) is 6. The molecule has 3 aromatic carbocycles. The number of fused-ring (bicyclic) bond motifs is 1. The van der Waals surface area contributed by atoms with Crippen LogP contribution >= 0.6 is 0 Å². The van der Waals surface area contributed by atoms with Crippen LogP contribution < -0.4 is 0 Å². The van der Waals surface area contributed by atoms with E-state index < -0.39 is 22.0 Å². The average Bonchev–Trinajstić information content (AvgIpc) is 2.86. The van der Waals surface area contributed by atoms with Crippen LogP contribution in [0.5, 0.6) is 0 Å². The molecular formula is C27H27NO6S. The van der Waals surface area contributed by atoms with E-state index in [1.807, 2.05) is 49.4 Å². The monoisotopic (exact) mass is 493 g/mol. The second kappa shape index (κ2) is 11.1. The molecule has 0 fully saturated rings. The zero-order valence-electron chi connectivity index (χ0n) is 19.9. The first-order valence-electron chi connectivity index (χ1n) is 10.8. The number of carbonyl (C=O) groups excluding carboxylic acids is 2. The third-order valence-electron chi connectivity index (χ3n) is 5.41. The zero-order chi connectivity index (χ0) is 25.6. The van der Waals surface area contributed by atoms with Gasteiger partial charge >= 0.3 is 11.9 Å². The summed E-state index contributed by atoms with van der Waals surface area (Å²) in [5.41, 5.74) is 1.61. The molecule has 0 heterocycles. The van der Waals surface area contributed by atoms with Crippen LogP contribution in [0.15, 0.2) is 89.4 Å². The number of esters is 2. The Labute approximate surface area is 205 Å². The molecule has 0 aliphatic heterocycles. The van der Waals surface area contributed by atoms with Gasteiger partial charge in [-0.2, -0.15) is 4.31 Å². The van der Waals surface area contributed by atoms with Gasteiger partial charge in [0.1, 0.15) is 0 Å². The number of methoxy groups -OCH3 is 2. The van der Waals surface area contributed by atoms with Crippen molar-refractivity contribution < 1.29 is 27.5 Å². The number of sulfonamides is 1. The smallest absolute Gasteiger partial charge is 0.335 e. The quantitative estimate of drug-likeness (QED) is 0.329. The highest BCUT2D eigenvalue weighted by atomic mass is 32.2. The van der Waals surface area contributed by atoms with Crippen LogP contribution in [0.3, 0.4) is 0 Å². The Morgan fingerprint density at radius 2 is 1.51 bits per heavy atom. The molecule has 0 amide bonds. The summed E-state index contributed by atoms with van der Waals surface area (Å²) in [6, 6.07) is 19.7. The lowest BCUT2D eigenvalue weighted by Gasteiger charge is -2.23. The van der Waals surface area contributed by atoms with Gasteiger partial charge in [0, 0.05) is 18.7 Å². The fourth-order valence-corrected chi connectivity index (χ4v) is 4.91. The highest BCUT2D eigenvalue weighted by Gasteiger charge is 2.29. The van der Waals surface area contributed by atoms with E-state index in [0.29, 0.717) is 5.56 Å². The van der Waals surface area contributed by atoms with Crippen molar-refractivity contribution in [2.45, 2.75) is 11.8 Å². The number of nitrogens with zero attached hydrogens (tertiary/aromatic N) is 1. The van der Waals surface area contributed by atoms with Gasteiger partial charge in [-0.15, -0.1) is 0 Å². The molecule has 3 rings (SSSR count). The number of rotatable bonds is 9. The van der Waals surface area contributed by atoms with Crippen molar-refractivity contribution in [3.05, 3.63) is 95.6 Å². The topological polar surface area (TPSA) is 90.0 Å². The molecule has 0 N–H and O–H groups in total. The fraction of sp³-hybridized carbons (Fsp3) is 0.185. The van der Waals surface area contributed by atoms with Gasteiger partial charge in [-0.1, -0.05) is 60.7 Å². The van der Waals surface area contributed by atoms with Gasteiger partial charge in [0.2, 0.25) is 10.0 Å². The summed E-state index contributed by atoms with van der Waals surface area (Å²) in [5.74, 6) is -1.43. The van der Waals surface area contributed by atoms with E-state index in [-0.39, 0.29) is 29.1 Å². The second-order valence-electron chi connectivity index (χ2n) is 7.95. The van der Waals surface area contributed by atoms with Gasteiger partial charge in [0.05, 0.1) is 24.7 Å². The van der Waals surface area contributed by atoms with E-state index in [1.165, 1.54) is 26.4 Å². The molecule has 0 radical (unpaired) electrons. The van der Waals surface area contributed by atoms with Gasteiger partial charge < -0.3 is 9.47 Å². The van der Waals surface area contributed by atoms with Gasteiger partial charge in [-0.25, -0.2) is 18.0 Å². The lowest BCUT2D eigenvalue weighted by molar-refractivity contribution is -0.136. The van der Waals surface area contributed by atoms with Gasteiger partial charge in [0.25, 0.3) is 0 Å². The fourth-order valence-electron chi connectivity index (χ4n) is 3.50. The molecule has 0 bridgehead atoms. The van der Waals surface area contributed by atoms with Crippen molar-refractivity contribution in [1.29, 1.82) is 0 Å². The Morgan fingerprint density at radius 3 is 2.14 bits per heavy atom. The molecule has 0 saturated heterocycles. The third-order valence-corrected chi connectivity index (χ3v) is 7.21. The van der Waals surface area contributed by atoms with Crippen LogP contribution in [0.4, 0.5) is 0 Å². The SMILES string of the molecule is C=C(CN(C/C(=C\c1ccc2ccccc2c1)C(=O)OC)S(=O)(=O)c1ccc(C)cc1)C(=O)OC. The largest absolute Gasteiger partial charge is 0.466 e. The summed E-state index contributed by atoms with van der Waals surface area (Å²) in [4.78, 5) is 24.7. The lowest BCUT2D eigenvalue weighted by Crippen LogP contribution is -2.37. The van der Waals surface area contributed by atoms with E-state index in [0.717, 1.165) is 20.6 Å². The van der Waals surface area contributed by atoms with Crippen molar-refractivity contribution in [2.75, 3.05) is 27.3 Å². The van der Waals surface area contributed by atoms with Gasteiger partial charge in [-0.3, -0.25) is 0 Å². The molecule has 182 valence electrons. The summed E-state index contributed by atoms with van der Waals surface area (Å²) < 4.78 is 37.7. The molecule has 0 aromatic heterocycles. The standard InChI is InChI=1S/C27H27NO6S/c1-19-9-13-25(14-10-19)35(31,32)28(17-20(2)26(29)33-3)18-24(27(30)34-4)16-21-11-12-22-7-5-6-8-23(22)15-21/h5-16H,2,17-18H2,1,3-4H3/b24-16+. The van der Waals surface area contributed by atoms with Crippen molar-refractivity contribution in [1.82, 2.24) is 4.31 Å². The minimum Gasteiger partial charge on any atom is -0.466 e. The number of ether oxygens (including phenoxy) is 2.